The average Bonchev–Trinajstić information content (AvgIpc) is 2.14. The Morgan fingerprint density at radius 1 is 1.47 bits per heavy atom. The van der Waals surface area contributed by atoms with Gasteiger partial charge in [-0.25, -0.2) is 4.79 Å². The lowest BCUT2D eigenvalue weighted by Crippen LogP contribution is -2.45. The standard InChI is InChI=1S/C12H24N2O3/c1-12(2,3)17-11(15)14-6-4-5-7-16-10(8-13)9-14/h10H,4-9,13H2,1-3H3. The highest BCUT2D eigenvalue weighted by Gasteiger charge is 2.25. The molecule has 1 saturated heterocycles. The molecule has 0 aliphatic carbocycles. The van der Waals surface area contributed by atoms with Gasteiger partial charge in [0.05, 0.1) is 12.6 Å². The lowest BCUT2D eigenvalue weighted by atomic mass is 10.2. The lowest BCUT2D eigenvalue weighted by Gasteiger charge is -2.31. The van der Waals surface area contributed by atoms with E-state index in [-0.39, 0.29) is 12.2 Å². The van der Waals surface area contributed by atoms with Crippen LogP contribution in [0.25, 0.3) is 0 Å². The van der Waals surface area contributed by atoms with Crippen LogP contribution in [0.1, 0.15) is 33.6 Å². The highest BCUT2D eigenvalue weighted by molar-refractivity contribution is 5.68. The fourth-order valence-corrected chi connectivity index (χ4v) is 1.68. The molecular formula is C12H24N2O3. The molecule has 2 N–H and O–H groups in total. The second-order valence-corrected chi connectivity index (χ2v) is 5.36. The van der Waals surface area contributed by atoms with E-state index in [1.807, 2.05) is 20.8 Å². The minimum atomic E-state index is -0.460. The number of ether oxygens (including phenoxy) is 2. The van der Waals surface area contributed by atoms with Crippen molar-refractivity contribution in [1.29, 1.82) is 0 Å². The van der Waals surface area contributed by atoms with Crippen molar-refractivity contribution in [3.8, 4) is 0 Å². The summed E-state index contributed by atoms with van der Waals surface area (Å²) in [5.74, 6) is 0. The Hall–Kier alpha value is -0.810. The van der Waals surface area contributed by atoms with Gasteiger partial charge < -0.3 is 20.1 Å². The summed E-state index contributed by atoms with van der Waals surface area (Å²) in [5, 5.41) is 0. The summed E-state index contributed by atoms with van der Waals surface area (Å²) in [7, 11) is 0. The van der Waals surface area contributed by atoms with Gasteiger partial charge in [-0.15, -0.1) is 0 Å². The molecule has 0 saturated carbocycles. The zero-order valence-electron chi connectivity index (χ0n) is 11.1. The minimum absolute atomic E-state index is 0.0807. The van der Waals surface area contributed by atoms with Crippen LogP contribution in [-0.4, -0.2) is 48.9 Å². The van der Waals surface area contributed by atoms with E-state index in [2.05, 4.69) is 0 Å². The van der Waals surface area contributed by atoms with Crippen LogP contribution in [0.2, 0.25) is 0 Å². The van der Waals surface area contributed by atoms with Crippen LogP contribution in [0.3, 0.4) is 0 Å². The maximum atomic E-state index is 11.9. The number of carbonyl (C=O) groups excluding carboxylic acids is 1. The first-order valence-electron chi connectivity index (χ1n) is 6.22. The second kappa shape index (κ2) is 6.21. The number of rotatable bonds is 1. The molecular weight excluding hydrogens is 220 g/mol. The number of hydrogen-bond donors (Lipinski definition) is 1. The molecule has 1 rings (SSSR count). The summed E-state index contributed by atoms with van der Waals surface area (Å²) in [6.07, 6.45) is 1.54. The maximum Gasteiger partial charge on any atom is 0.410 e. The Morgan fingerprint density at radius 3 is 2.76 bits per heavy atom. The number of hydrogen-bond acceptors (Lipinski definition) is 4. The Balaban J connectivity index is 2.56. The molecule has 0 aromatic carbocycles. The Labute approximate surface area is 103 Å². The minimum Gasteiger partial charge on any atom is -0.444 e. The topological polar surface area (TPSA) is 64.8 Å². The van der Waals surface area contributed by atoms with Gasteiger partial charge in [0, 0.05) is 19.7 Å². The van der Waals surface area contributed by atoms with Crippen LogP contribution in [0.15, 0.2) is 0 Å². The van der Waals surface area contributed by atoms with E-state index >= 15 is 0 Å². The summed E-state index contributed by atoms with van der Waals surface area (Å²) in [6, 6.07) is 0. The van der Waals surface area contributed by atoms with Gasteiger partial charge in [0.25, 0.3) is 0 Å². The van der Waals surface area contributed by atoms with E-state index < -0.39 is 5.60 Å². The van der Waals surface area contributed by atoms with Crippen molar-refractivity contribution < 1.29 is 14.3 Å². The highest BCUT2D eigenvalue weighted by Crippen LogP contribution is 2.13. The van der Waals surface area contributed by atoms with E-state index in [4.69, 9.17) is 15.2 Å². The third-order valence-corrected chi connectivity index (χ3v) is 2.51. The number of nitrogens with zero attached hydrogens (tertiary/aromatic N) is 1. The largest absolute Gasteiger partial charge is 0.444 e. The van der Waals surface area contributed by atoms with E-state index in [1.165, 1.54) is 0 Å². The van der Waals surface area contributed by atoms with Crippen molar-refractivity contribution >= 4 is 6.09 Å². The van der Waals surface area contributed by atoms with Gasteiger partial charge in [0.2, 0.25) is 0 Å². The zero-order valence-corrected chi connectivity index (χ0v) is 11.1. The monoisotopic (exact) mass is 244 g/mol. The smallest absolute Gasteiger partial charge is 0.410 e. The molecule has 0 radical (unpaired) electrons. The second-order valence-electron chi connectivity index (χ2n) is 5.36. The van der Waals surface area contributed by atoms with E-state index in [0.717, 1.165) is 26.0 Å². The van der Waals surface area contributed by atoms with Gasteiger partial charge in [0.1, 0.15) is 5.60 Å². The summed E-state index contributed by atoms with van der Waals surface area (Å²) in [4.78, 5) is 13.6. The van der Waals surface area contributed by atoms with Crippen molar-refractivity contribution in [3.63, 3.8) is 0 Å². The summed E-state index contributed by atoms with van der Waals surface area (Å²) >= 11 is 0. The molecule has 1 amide bonds. The fourth-order valence-electron chi connectivity index (χ4n) is 1.68. The normalized spacial score (nSPS) is 22.8. The Morgan fingerprint density at radius 2 is 2.18 bits per heavy atom. The third-order valence-electron chi connectivity index (χ3n) is 2.51. The number of amides is 1. The van der Waals surface area contributed by atoms with Crippen molar-refractivity contribution in [3.05, 3.63) is 0 Å². The molecule has 0 bridgehead atoms. The molecule has 1 heterocycles. The molecule has 1 aliphatic rings. The average molecular weight is 244 g/mol. The maximum absolute atomic E-state index is 11.9. The summed E-state index contributed by atoms with van der Waals surface area (Å²) in [6.45, 7) is 7.99. The third kappa shape index (κ3) is 5.37. The van der Waals surface area contributed by atoms with Crippen LogP contribution in [0.5, 0.6) is 0 Å². The van der Waals surface area contributed by atoms with Gasteiger partial charge in [-0.3, -0.25) is 0 Å². The van der Waals surface area contributed by atoms with Crippen LogP contribution >= 0.6 is 0 Å². The predicted octanol–water partition coefficient (Wildman–Crippen LogP) is 1.36. The molecule has 1 aliphatic heterocycles. The van der Waals surface area contributed by atoms with Crippen LogP contribution < -0.4 is 5.73 Å². The molecule has 1 fully saturated rings. The number of nitrogens with two attached hydrogens (primary N) is 1. The summed E-state index contributed by atoms with van der Waals surface area (Å²) < 4.78 is 10.9. The Bertz CT molecular complexity index is 251. The molecule has 0 spiro atoms. The van der Waals surface area contributed by atoms with Crippen LogP contribution in [0.4, 0.5) is 4.79 Å². The van der Waals surface area contributed by atoms with Crippen LogP contribution in [0, 0.1) is 0 Å². The fraction of sp³-hybridized carbons (Fsp3) is 0.917. The first-order valence-corrected chi connectivity index (χ1v) is 6.22. The van der Waals surface area contributed by atoms with Gasteiger partial charge in [-0.05, 0) is 33.6 Å². The van der Waals surface area contributed by atoms with E-state index in [1.54, 1.807) is 4.90 Å². The Kier molecular flexibility index (Phi) is 5.21. The van der Waals surface area contributed by atoms with Gasteiger partial charge in [-0.2, -0.15) is 0 Å². The molecule has 5 nitrogen and oxygen atoms in total. The van der Waals surface area contributed by atoms with E-state index in [0.29, 0.717) is 13.1 Å². The zero-order chi connectivity index (χ0) is 12.9. The molecule has 0 aromatic rings. The first kappa shape index (κ1) is 14.3. The molecule has 5 heteroatoms. The SMILES string of the molecule is CC(C)(C)OC(=O)N1CCCCOC(CN)C1. The molecule has 100 valence electrons. The van der Waals surface area contributed by atoms with Gasteiger partial charge >= 0.3 is 6.09 Å². The molecule has 17 heavy (non-hydrogen) atoms. The molecule has 1 atom stereocenters. The van der Waals surface area contributed by atoms with Crippen molar-refractivity contribution in [1.82, 2.24) is 4.90 Å². The van der Waals surface area contributed by atoms with Crippen molar-refractivity contribution in [2.24, 2.45) is 5.73 Å². The molecule has 1 unspecified atom stereocenters. The van der Waals surface area contributed by atoms with Crippen molar-refractivity contribution in [2.75, 3.05) is 26.2 Å². The van der Waals surface area contributed by atoms with E-state index in [9.17, 15) is 4.79 Å². The highest BCUT2D eigenvalue weighted by atomic mass is 16.6. The molecule has 0 aromatic heterocycles. The quantitative estimate of drug-likeness (QED) is 0.756. The van der Waals surface area contributed by atoms with Crippen molar-refractivity contribution in [2.45, 2.75) is 45.3 Å². The van der Waals surface area contributed by atoms with Crippen LogP contribution in [-0.2, 0) is 9.47 Å². The number of carbonyl (C=O) groups is 1. The summed E-state index contributed by atoms with van der Waals surface area (Å²) in [5.41, 5.74) is 5.15. The lowest BCUT2D eigenvalue weighted by molar-refractivity contribution is -0.0104. The van der Waals surface area contributed by atoms with Gasteiger partial charge in [-0.1, -0.05) is 0 Å². The van der Waals surface area contributed by atoms with Gasteiger partial charge in [0.15, 0.2) is 0 Å². The predicted molar refractivity (Wildman–Crippen MR) is 65.8 cm³/mol. The first-order chi connectivity index (χ1) is 7.92.